The maximum absolute atomic E-state index is 13.7. The van der Waals surface area contributed by atoms with Crippen molar-refractivity contribution >= 4 is 33.6 Å². The lowest BCUT2D eigenvalue weighted by Gasteiger charge is -2.13. The van der Waals surface area contributed by atoms with Crippen LogP contribution in [-0.2, 0) is 0 Å². The van der Waals surface area contributed by atoms with Crippen molar-refractivity contribution < 1.29 is 13.5 Å². The Morgan fingerprint density at radius 2 is 1.85 bits per heavy atom. The lowest BCUT2D eigenvalue weighted by molar-refractivity contribution is -0.0498. The molecular weight excluding hydrogens is 446 g/mol. The zero-order chi connectivity index (χ0) is 22.9. The van der Waals surface area contributed by atoms with Gasteiger partial charge in [-0.05, 0) is 48.2 Å². The topological polar surface area (TPSA) is 69.9 Å². The number of nitrogens with zero attached hydrogens (tertiary/aromatic N) is 4. The Kier molecular flexibility index (Phi) is 5.47. The first-order valence-corrected chi connectivity index (χ1v) is 11.1. The van der Waals surface area contributed by atoms with E-state index in [1.807, 2.05) is 36.6 Å². The van der Waals surface area contributed by atoms with Crippen molar-refractivity contribution in [3.05, 3.63) is 83.5 Å². The Morgan fingerprint density at radius 1 is 1.03 bits per heavy atom. The molecule has 0 radical (unpaired) electrons. The van der Waals surface area contributed by atoms with Crippen LogP contribution in [0, 0.1) is 0 Å². The molecule has 5 aromatic rings. The fourth-order valence-electron chi connectivity index (χ4n) is 3.66. The number of pyridine rings is 2. The van der Waals surface area contributed by atoms with Gasteiger partial charge in [0, 0.05) is 35.1 Å². The van der Waals surface area contributed by atoms with Crippen molar-refractivity contribution in [2.75, 3.05) is 6.26 Å². The normalized spacial score (nSPS) is 11.4. The number of fused-ring (bicyclic) bond motifs is 2. The smallest absolute Gasteiger partial charge is 0.387 e. The Balaban J connectivity index is 1.75. The molecule has 9 heteroatoms. The number of hydrogen-bond acceptors (Lipinski definition) is 6. The van der Waals surface area contributed by atoms with Crippen molar-refractivity contribution in [1.82, 2.24) is 19.5 Å². The van der Waals surface area contributed by atoms with Crippen molar-refractivity contribution in [1.29, 1.82) is 0 Å². The van der Waals surface area contributed by atoms with E-state index in [0.29, 0.717) is 32.9 Å². The molecule has 0 atom stereocenters. The zero-order valence-electron chi connectivity index (χ0n) is 17.3. The summed E-state index contributed by atoms with van der Waals surface area (Å²) in [6.45, 7) is -2.93. The number of ether oxygens (including phenoxy) is 1. The quantitative estimate of drug-likeness (QED) is 0.260. The second-order valence-electron chi connectivity index (χ2n) is 7.12. The highest BCUT2D eigenvalue weighted by Crippen LogP contribution is 2.28. The molecule has 0 bridgehead atoms. The molecule has 5 rings (SSSR count). The second-order valence-corrected chi connectivity index (χ2v) is 7.90. The first-order chi connectivity index (χ1) is 16.0. The molecule has 0 fully saturated rings. The van der Waals surface area contributed by atoms with Crippen LogP contribution in [0.2, 0.25) is 0 Å². The third kappa shape index (κ3) is 4.03. The molecule has 0 aliphatic heterocycles. The van der Waals surface area contributed by atoms with Gasteiger partial charge in [-0.15, -0.1) is 0 Å². The first kappa shape index (κ1) is 21.0. The van der Waals surface area contributed by atoms with Gasteiger partial charge in [0.05, 0.1) is 16.6 Å². The summed E-state index contributed by atoms with van der Waals surface area (Å²) in [5, 5.41) is 2.09. The van der Waals surface area contributed by atoms with Crippen molar-refractivity contribution in [2.24, 2.45) is 0 Å². The summed E-state index contributed by atoms with van der Waals surface area (Å²) in [5.74, 6) is 0.00997. The first-order valence-electron chi connectivity index (χ1n) is 9.90. The predicted molar refractivity (Wildman–Crippen MR) is 124 cm³/mol. The number of rotatable bonds is 5. The molecule has 0 amide bonds. The van der Waals surface area contributed by atoms with Crippen LogP contribution in [0.3, 0.4) is 0 Å². The van der Waals surface area contributed by atoms with Crippen LogP contribution >= 0.6 is 11.8 Å². The van der Waals surface area contributed by atoms with E-state index in [0.717, 1.165) is 10.9 Å². The summed E-state index contributed by atoms with van der Waals surface area (Å²) in [5.41, 5.74) is 2.56. The second kappa shape index (κ2) is 8.59. The van der Waals surface area contributed by atoms with E-state index >= 15 is 0 Å². The van der Waals surface area contributed by atoms with E-state index in [1.165, 1.54) is 28.5 Å². The van der Waals surface area contributed by atoms with Crippen molar-refractivity contribution in [2.45, 2.75) is 11.8 Å². The molecule has 3 heterocycles. The highest BCUT2D eigenvalue weighted by atomic mass is 32.2. The molecule has 0 spiro atoms. The lowest BCUT2D eigenvalue weighted by Crippen LogP contribution is -2.20. The molecule has 33 heavy (non-hydrogen) atoms. The van der Waals surface area contributed by atoms with Crippen LogP contribution in [0.25, 0.3) is 38.6 Å². The number of halogens is 2. The molecule has 0 saturated carbocycles. The summed E-state index contributed by atoms with van der Waals surface area (Å²) >= 11 is 1.36. The Labute approximate surface area is 190 Å². The average Bonchev–Trinajstić information content (AvgIpc) is 2.83. The fraction of sp³-hybridized carbons (Fsp3) is 0.0833. The van der Waals surface area contributed by atoms with Crippen LogP contribution in [0.1, 0.15) is 0 Å². The summed E-state index contributed by atoms with van der Waals surface area (Å²) < 4.78 is 31.1. The molecule has 3 aromatic heterocycles. The number of alkyl halides is 2. The maximum atomic E-state index is 13.7. The average molecular weight is 462 g/mol. The summed E-state index contributed by atoms with van der Waals surface area (Å²) in [7, 11) is 0. The van der Waals surface area contributed by atoms with Crippen molar-refractivity contribution in [3.8, 4) is 22.6 Å². The van der Waals surface area contributed by atoms with Crippen molar-refractivity contribution in [3.63, 3.8) is 0 Å². The van der Waals surface area contributed by atoms with Gasteiger partial charge in [-0.25, -0.2) is 9.97 Å². The predicted octanol–water partition coefficient (Wildman–Crippen LogP) is 5.32. The van der Waals surface area contributed by atoms with Crippen LogP contribution in [-0.4, -0.2) is 32.4 Å². The van der Waals surface area contributed by atoms with Gasteiger partial charge in [0.15, 0.2) is 5.16 Å². The number of thioether (sulfide) groups is 1. The van der Waals surface area contributed by atoms with E-state index in [9.17, 15) is 13.6 Å². The van der Waals surface area contributed by atoms with Gasteiger partial charge in [-0.2, -0.15) is 8.78 Å². The van der Waals surface area contributed by atoms with Gasteiger partial charge in [0.2, 0.25) is 0 Å². The van der Waals surface area contributed by atoms with Gasteiger partial charge in [-0.1, -0.05) is 30.0 Å². The van der Waals surface area contributed by atoms with Crippen LogP contribution in [0.4, 0.5) is 8.78 Å². The molecule has 0 N–H and O–H groups in total. The van der Waals surface area contributed by atoms with Crippen LogP contribution in [0.5, 0.6) is 5.75 Å². The number of aromatic nitrogens is 4. The minimum atomic E-state index is -2.93. The third-order valence-corrected chi connectivity index (χ3v) is 5.71. The standard InChI is InChI=1S/C24H16F2N4O2S/c1-33-24-28-12-16-13-30(17-6-9-19-15(11-17)3-2-10-27-19)22(31)20(21(16)29-24)14-4-7-18(8-5-14)32-23(25)26/h2-13,23H,1H3. The zero-order valence-corrected chi connectivity index (χ0v) is 18.1. The largest absolute Gasteiger partial charge is 0.435 e. The summed E-state index contributed by atoms with van der Waals surface area (Å²) in [6, 6.07) is 15.3. The highest BCUT2D eigenvalue weighted by Gasteiger charge is 2.17. The van der Waals surface area contributed by atoms with E-state index in [1.54, 1.807) is 30.7 Å². The molecular formula is C24H16F2N4O2S. The Morgan fingerprint density at radius 3 is 2.61 bits per heavy atom. The monoisotopic (exact) mass is 462 g/mol. The third-order valence-electron chi connectivity index (χ3n) is 5.15. The van der Waals surface area contributed by atoms with Gasteiger partial charge in [0.25, 0.3) is 5.56 Å². The Bertz CT molecular complexity index is 1540. The van der Waals surface area contributed by atoms with E-state index in [2.05, 4.69) is 19.7 Å². The van der Waals surface area contributed by atoms with Gasteiger partial charge in [-0.3, -0.25) is 14.3 Å². The maximum Gasteiger partial charge on any atom is 0.387 e. The minimum absolute atomic E-state index is 0.00997. The minimum Gasteiger partial charge on any atom is -0.435 e. The van der Waals surface area contributed by atoms with E-state index < -0.39 is 6.61 Å². The van der Waals surface area contributed by atoms with E-state index in [-0.39, 0.29) is 11.3 Å². The van der Waals surface area contributed by atoms with Gasteiger partial charge < -0.3 is 4.74 Å². The fourth-order valence-corrected chi connectivity index (χ4v) is 4.00. The summed E-state index contributed by atoms with van der Waals surface area (Å²) in [4.78, 5) is 26.9. The van der Waals surface area contributed by atoms with Crippen LogP contribution < -0.4 is 10.3 Å². The molecule has 6 nitrogen and oxygen atoms in total. The Hall–Kier alpha value is -3.85. The van der Waals surface area contributed by atoms with E-state index in [4.69, 9.17) is 0 Å². The molecule has 0 unspecified atom stereocenters. The highest BCUT2D eigenvalue weighted by molar-refractivity contribution is 7.98. The summed E-state index contributed by atoms with van der Waals surface area (Å²) in [6.07, 6.45) is 6.94. The van der Waals surface area contributed by atoms with Crippen LogP contribution in [0.15, 0.2) is 83.1 Å². The van der Waals surface area contributed by atoms with Gasteiger partial charge in [0.1, 0.15) is 5.75 Å². The lowest BCUT2D eigenvalue weighted by atomic mass is 10.0. The van der Waals surface area contributed by atoms with Gasteiger partial charge >= 0.3 is 6.61 Å². The molecule has 0 saturated heterocycles. The number of benzene rings is 2. The number of hydrogen-bond donors (Lipinski definition) is 0. The molecule has 0 aliphatic rings. The molecule has 2 aromatic carbocycles. The molecule has 164 valence electrons. The molecule has 0 aliphatic carbocycles. The SMILES string of the molecule is CSc1ncc2cn(-c3ccc4ncccc4c3)c(=O)c(-c3ccc(OC(F)F)cc3)c2n1.